The Morgan fingerprint density at radius 2 is 1.96 bits per heavy atom. The van der Waals surface area contributed by atoms with Gasteiger partial charge in [0, 0.05) is 42.3 Å². The van der Waals surface area contributed by atoms with Crippen molar-refractivity contribution < 1.29 is 29.8 Å². The Bertz CT molecular complexity index is 1390. The number of aliphatic hydroxyl groups is 2. The van der Waals surface area contributed by atoms with E-state index in [4.69, 9.17) is 10.5 Å². The number of nitrogens with one attached hydrogen (secondary N) is 2. The molecule has 2 heterocycles. The third-order valence-corrected chi connectivity index (χ3v) is 15.4. The number of likely N-dealkylation sites (tertiary alicyclic amines) is 1. The fraction of sp³-hybridized carbons (Fsp3) is 0.800. The Morgan fingerprint density at radius 1 is 1.16 bits per heavy atom. The highest BCUT2D eigenvalue weighted by molar-refractivity contribution is 5.90. The normalized spacial score (nSPS) is 45.8. The second-order valence-corrected chi connectivity index (χ2v) is 17.1. The lowest BCUT2D eigenvalue weighted by atomic mass is 9.45. The molecular formula is C40H62N4O5. The van der Waals surface area contributed by atoms with Gasteiger partial charge in [-0.1, -0.05) is 63.0 Å². The van der Waals surface area contributed by atoms with Gasteiger partial charge in [-0.3, -0.25) is 4.90 Å². The Hall–Kier alpha value is -2.04. The van der Waals surface area contributed by atoms with Crippen LogP contribution in [0.3, 0.4) is 0 Å². The number of carboxylic acids is 1. The van der Waals surface area contributed by atoms with E-state index in [1.54, 1.807) is 7.05 Å². The van der Waals surface area contributed by atoms with Crippen LogP contribution in [0.4, 0.5) is 0 Å². The van der Waals surface area contributed by atoms with Crippen LogP contribution in [0.2, 0.25) is 0 Å². The number of carboxylic acid groups (broad SMARTS) is 1. The molecule has 6 N–H and O–H groups in total. The summed E-state index contributed by atoms with van der Waals surface area (Å²) in [5.41, 5.74) is 5.30. The number of allylic oxidation sites excluding steroid dienone is 4. The van der Waals surface area contributed by atoms with Gasteiger partial charge in [0.05, 0.1) is 37.9 Å². The van der Waals surface area contributed by atoms with E-state index in [-0.39, 0.29) is 52.8 Å². The molecule has 5 aliphatic carbocycles. The Balaban J connectivity index is 1.30. The quantitative estimate of drug-likeness (QED) is 0.136. The molecule has 5 fully saturated rings. The Labute approximate surface area is 293 Å². The summed E-state index contributed by atoms with van der Waals surface area (Å²) < 4.78 is 7.31. The molecule has 12 unspecified atom stereocenters. The maximum atomic E-state index is 13.5. The number of hydrogen-bond acceptors (Lipinski definition) is 7. The van der Waals surface area contributed by atoms with Crippen LogP contribution in [0.25, 0.3) is 0 Å². The summed E-state index contributed by atoms with van der Waals surface area (Å²) in [5, 5.41) is 40.0. The number of aliphatic imine (C=N–C) groups is 1. The predicted molar refractivity (Wildman–Crippen MR) is 188 cm³/mol. The number of carbonyl (C=O) groups excluding carboxylic acids is 1. The lowest BCUT2D eigenvalue weighted by Gasteiger charge is -2.61. The SMILES string of the molecule is CCCCCC12CCC3C=CC=CC3C1OC(C1(O)CC34C(=C1C(=O)[O-])CC(CCC3C)C41C[NH+](C(N)=NC)CCC1CNCCO)CC2. The van der Waals surface area contributed by atoms with Crippen molar-refractivity contribution in [1.82, 2.24) is 5.32 Å². The van der Waals surface area contributed by atoms with Gasteiger partial charge in [0.15, 0.2) is 0 Å². The van der Waals surface area contributed by atoms with Gasteiger partial charge in [-0.15, -0.1) is 0 Å². The number of piperidine rings is 1. The lowest BCUT2D eigenvalue weighted by Crippen LogP contribution is -3.19. The number of nitrogens with zero attached hydrogens (tertiary/aromatic N) is 1. The maximum absolute atomic E-state index is 13.5. The first-order valence-corrected chi connectivity index (χ1v) is 19.7. The minimum Gasteiger partial charge on any atom is -0.545 e. The highest BCUT2D eigenvalue weighted by Crippen LogP contribution is 2.77. The number of aliphatic hydroxyl groups excluding tert-OH is 1. The molecule has 0 radical (unpaired) electrons. The summed E-state index contributed by atoms with van der Waals surface area (Å²) in [4.78, 5) is 19.1. The molecule has 0 amide bonds. The molecule has 9 nitrogen and oxygen atoms in total. The first-order valence-electron chi connectivity index (χ1n) is 19.7. The number of aliphatic carboxylic acids is 1. The van der Waals surface area contributed by atoms with E-state index >= 15 is 0 Å². The van der Waals surface area contributed by atoms with Crippen LogP contribution in [0.5, 0.6) is 0 Å². The van der Waals surface area contributed by atoms with Gasteiger partial charge in [-0.05, 0) is 93.4 Å². The molecular weight excluding hydrogens is 616 g/mol. The van der Waals surface area contributed by atoms with E-state index in [2.05, 4.69) is 48.5 Å². The van der Waals surface area contributed by atoms with Gasteiger partial charge in [-0.2, -0.15) is 0 Å². The number of fused-ring (bicyclic) bond motifs is 3. The molecule has 2 bridgehead atoms. The van der Waals surface area contributed by atoms with Crippen molar-refractivity contribution >= 4 is 11.9 Å². The van der Waals surface area contributed by atoms with Crippen LogP contribution in [0.15, 0.2) is 40.4 Å². The average molecular weight is 679 g/mol. The van der Waals surface area contributed by atoms with Crippen molar-refractivity contribution in [1.29, 1.82) is 0 Å². The van der Waals surface area contributed by atoms with E-state index in [0.717, 1.165) is 70.2 Å². The van der Waals surface area contributed by atoms with E-state index in [0.29, 0.717) is 37.7 Å². The second-order valence-electron chi connectivity index (χ2n) is 17.1. The number of hydrogen-bond donors (Lipinski definition) is 5. The monoisotopic (exact) mass is 678 g/mol. The first kappa shape index (κ1) is 35.4. The second kappa shape index (κ2) is 13.5. The highest BCUT2D eigenvalue weighted by Gasteiger charge is 2.77. The molecule has 2 saturated heterocycles. The number of rotatable bonds is 10. The fourth-order valence-corrected chi connectivity index (χ4v) is 13.3. The molecule has 12 atom stereocenters. The molecule has 2 aliphatic heterocycles. The van der Waals surface area contributed by atoms with Crippen molar-refractivity contribution in [3.8, 4) is 0 Å². The lowest BCUT2D eigenvalue weighted by molar-refractivity contribution is -0.828. The van der Waals surface area contributed by atoms with Crippen molar-refractivity contribution in [3.63, 3.8) is 0 Å². The van der Waals surface area contributed by atoms with Crippen molar-refractivity contribution in [2.75, 3.05) is 39.8 Å². The Morgan fingerprint density at radius 3 is 2.71 bits per heavy atom. The number of ether oxygens (including phenoxy) is 1. The molecule has 7 rings (SSSR count). The summed E-state index contributed by atoms with van der Waals surface area (Å²) in [6.07, 6.45) is 20.9. The van der Waals surface area contributed by atoms with Crippen LogP contribution in [0.1, 0.15) is 97.3 Å². The summed E-state index contributed by atoms with van der Waals surface area (Å²) in [6.45, 7) is 7.53. The molecule has 2 spiro atoms. The molecule has 272 valence electrons. The minimum atomic E-state index is -1.63. The molecule has 7 aliphatic rings. The van der Waals surface area contributed by atoms with E-state index < -0.39 is 23.1 Å². The number of nitrogens with two attached hydrogens (primary N) is 1. The van der Waals surface area contributed by atoms with Gasteiger partial charge >= 0.3 is 0 Å². The van der Waals surface area contributed by atoms with Gasteiger partial charge in [-0.25, -0.2) is 4.99 Å². The molecule has 0 aromatic carbocycles. The molecule has 49 heavy (non-hydrogen) atoms. The van der Waals surface area contributed by atoms with Gasteiger partial charge < -0.3 is 35.9 Å². The smallest absolute Gasteiger partial charge is 0.293 e. The van der Waals surface area contributed by atoms with Crippen LogP contribution in [-0.4, -0.2) is 79.8 Å². The zero-order valence-electron chi connectivity index (χ0n) is 30.2. The summed E-state index contributed by atoms with van der Waals surface area (Å²) >= 11 is 0. The van der Waals surface area contributed by atoms with Crippen LogP contribution in [-0.2, 0) is 9.53 Å². The minimum absolute atomic E-state index is 0.0471. The third-order valence-electron chi connectivity index (χ3n) is 15.4. The van der Waals surface area contributed by atoms with E-state index in [1.807, 2.05) is 0 Å². The number of unbranched alkanes of at least 4 members (excludes halogenated alkanes) is 2. The average Bonchev–Trinajstić information content (AvgIpc) is 3.46. The summed E-state index contributed by atoms with van der Waals surface area (Å²) in [5.74, 6) is 0.758. The van der Waals surface area contributed by atoms with E-state index in [1.165, 1.54) is 24.2 Å². The van der Waals surface area contributed by atoms with E-state index in [9.17, 15) is 20.1 Å². The topological polar surface area (TPSA) is 145 Å². The van der Waals surface area contributed by atoms with Crippen molar-refractivity contribution in [2.24, 2.45) is 56.6 Å². The van der Waals surface area contributed by atoms with Gasteiger partial charge in [0.1, 0.15) is 5.60 Å². The summed E-state index contributed by atoms with van der Waals surface area (Å²) in [6, 6.07) is 0. The van der Waals surface area contributed by atoms with Crippen molar-refractivity contribution in [2.45, 2.75) is 115 Å². The standard InChI is InChI=1S/C40H62N4O5/c1-4-5-8-16-37-17-13-27-9-6-7-10-30(27)34(37)49-32(14-18-37)40(48)24-38-26(2)11-12-28(22-31(38)33(40)35(46)47)39(38)25-44(36(41)42-3)20-15-29(39)23-43-19-21-45/h6-7,9-10,26-30,32,34,43,45,48H,4-5,8,11-25H2,1-3H3,(H2,41,42)(H,46,47). The molecule has 0 aromatic heterocycles. The zero-order chi connectivity index (χ0) is 34.6. The Kier molecular flexibility index (Phi) is 9.74. The first-order chi connectivity index (χ1) is 23.6. The number of quaternary nitrogens is 1. The van der Waals surface area contributed by atoms with Crippen LogP contribution in [0, 0.1) is 45.8 Å². The van der Waals surface area contributed by atoms with Gasteiger partial charge in [0.25, 0.3) is 5.96 Å². The molecule has 0 aromatic rings. The van der Waals surface area contributed by atoms with Crippen LogP contribution < -0.4 is 21.1 Å². The molecule has 3 saturated carbocycles. The predicted octanol–water partition coefficient (Wildman–Crippen LogP) is 2.29. The fourth-order valence-electron chi connectivity index (χ4n) is 13.3. The number of carbonyl (C=O) groups is 1. The molecule has 9 heteroatoms. The zero-order valence-corrected chi connectivity index (χ0v) is 30.2. The maximum Gasteiger partial charge on any atom is 0.293 e. The highest BCUT2D eigenvalue weighted by atomic mass is 16.5. The van der Waals surface area contributed by atoms with Crippen LogP contribution >= 0.6 is 0 Å². The summed E-state index contributed by atoms with van der Waals surface area (Å²) in [7, 11) is 1.75. The van der Waals surface area contributed by atoms with Crippen molar-refractivity contribution in [3.05, 3.63) is 35.5 Å². The largest absolute Gasteiger partial charge is 0.545 e. The third kappa shape index (κ3) is 5.26. The van der Waals surface area contributed by atoms with Gasteiger partial charge in [0.2, 0.25) is 0 Å². The number of guanidine groups is 1.